The van der Waals surface area contributed by atoms with Gasteiger partial charge in [-0.15, -0.1) is 0 Å². The van der Waals surface area contributed by atoms with E-state index in [1.807, 2.05) is 31.2 Å². The third-order valence-corrected chi connectivity index (χ3v) is 6.63. The second-order valence-electron chi connectivity index (χ2n) is 7.96. The Hall–Kier alpha value is -3.12. The van der Waals surface area contributed by atoms with Crippen molar-refractivity contribution in [1.29, 1.82) is 0 Å². The van der Waals surface area contributed by atoms with Crippen LogP contribution in [0.5, 0.6) is 0 Å². The van der Waals surface area contributed by atoms with Gasteiger partial charge in [0.05, 0.1) is 4.90 Å². The smallest absolute Gasteiger partial charge is 0.261 e. The van der Waals surface area contributed by atoms with Gasteiger partial charge in [-0.1, -0.05) is 55.3 Å². The molecule has 0 aromatic heterocycles. The molecule has 0 heterocycles. The van der Waals surface area contributed by atoms with Crippen LogP contribution in [0.3, 0.4) is 0 Å². The van der Waals surface area contributed by atoms with E-state index >= 15 is 0 Å². The van der Waals surface area contributed by atoms with Crippen LogP contribution < -0.4 is 10.0 Å². The van der Waals surface area contributed by atoms with E-state index in [2.05, 4.69) is 29.1 Å². The van der Waals surface area contributed by atoms with Crippen molar-refractivity contribution < 1.29 is 13.2 Å². The standard InChI is InChI=1S/C26H30N2O3S/c1-3-4-5-21-8-15-23(16-9-21)27-26(29)19-12-22-10-17-25(18-11-22)32(30,31)28-24-13-6-20(2)7-14-24/h6-11,13-18,28H,3-5,12,19H2,1-2H3,(H,27,29). The van der Waals surface area contributed by atoms with E-state index in [0.29, 0.717) is 18.5 Å². The highest BCUT2D eigenvalue weighted by atomic mass is 32.2. The van der Waals surface area contributed by atoms with Crippen molar-refractivity contribution in [2.24, 2.45) is 0 Å². The summed E-state index contributed by atoms with van der Waals surface area (Å²) in [6.45, 7) is 4.12. The third-order valence-electron chi connectivity index (χ3n) is 5.23. The first-order chi connectivity index (χ1) is 15.4. The molecular weight excluding hydrogens is 420 g/mol. The molecule has 0 bridgehead atoms. The first-order valence-electron chi connectivity index (χ1n) is 10.9. The van der Waals surface area contributed by atoms with Crippen molar-refractivity contribution in [3.8, 4) is 0 Å². The number of unbranched alkanes of at least 4 members (excludes halogenated alkanes) is 1. The maximum Gasteiger partial charge on any atom is 0.261 e. The van der Waals surface area contributed by atoms with Crippen molar-refractivity contribution in [2.45, 2.75) is 50.8 Å². The molecule has 0 fully saturated rings. The fourth-order valence-corrected chi connectivity index (χ4v) is 4.35. The molecule has 3 aromatic rings. The lowest BCUT2D eigenvalue weighted by Crippen LogP contribution is -2.13. The Labute approximate surface area is 190 Å². The minimum atomic E-state index is -3.65. The number of rotatable bonds is 10. The molecule has 5 nitrogen and oxygen atoms in total. The molecule has 0 radical (unpaired) electrons. The summed E-state index contributed by atoms with van der Waals surface area (Å²) in [6.07, 6.45) is 4.23. The van der Waals surface area contributed by atoms with Crippen LogP contribution in [0.1, 0.15) is 42.9 Å². The average molecular weight is 451 g/mol. The molecule has 32 heavy (non-hydrogen) atoms. The predicted molar refractivity (Wildman–Crippen MR) is 130 cm³/mol. The van der Waals surface area contributed by atoms with Gasteiger partial charge >= 0.3 is 0 Å². The summed E-state index contributed by atoms with van der Waals surface area (Å²) in [5.74, 6) is -0.0657. The molecule has 168 valence electrons. The largest absolute Gasteiger partial charge is 0.326 e. The first-order valence-corrected chi connectivity index (χ1v) is 12.4. The lowest BCUT2D eigenvalue weighted by molar-refractivity contribution is -0.116. The highest BCUT2D eigenvalue weighted by molar-refractivity contribution is 7.92. The molecule has 0 saturated heterocycles. The zero-order chi connectivity index (χ0) is 23.0. The van der Waals surface area contributed by atoms with E-state index in [1.54, 1.807) is 36.4 Å². The third kappa shape index (κ3) is 6.95. The molecule has 0 spiro atoms. The maximum absolute atomic E-state index is 12.6. The zero-order valence-electron chi connectivity index (χ0n) is 18.6. The topological polar surface area (TPSA) is 75.3 Å². The van der Waals surface area contributed by atoms with Gasteiger partial charge in [0.25, 0.3) is 10.0 Å². The van der Waals surface area contributed by atoms with Crippen molar-refractivity contribution >= 4 is 27.3 Å². The molecule has 0 aliphatic carbocycles. The van der Waals surface area contributed by atoms with Crippen LogP contribution in [-0.2, 0) is 27.7 Å². The molecule has 3 rings (SSSR count). The Morgan fingerprint density at radius 3 is 1.97 bits per heavy atom. The van der Waals surface area contributed by atoms with Crippen LogP contribution in [0.2, 0.25) is 0 Å². The zero-order valence-corrected chi connectivity index (χ0v) is 19.4. The van der Waals surface area contributed by atoms with Crippen molar-refractivity contribution in [2.75, 3.05) is 10.0 Å². The van der Waals surface area contributed by atoms with Gasteiger partial charge in [0.15, 0.2) is 0 Å². The molecular formula is C26H30N2O3S. The number of carbonyl (C=O) groups excluding carboxylic acids is 1. The van der Waals surface area contributed by atoms with Gasteiger partial charge in [-0.05, 0) is 73.7 Å². The summed E-state index contributed by atoms with van der Waals surface area (Å²) in [6, 6.07) is 21.8. The molecule has 0 atom stereocenters. The number of amides is 1. The SMILES string of the molecule is CCCCc1ccc(NC(=O)CCc2ccc(S(=O)(=O)Nc3ccc(C)cc3)cc2)cc1. The lowest BCUT2D eigenvalue weighted by atomic mass is 10.1. The monoisotopic (exact) mass is 450 g/mol. The number of sulfonamides is 1. The molecule has 2 N–H and O–H groups in total. The second kappa shape index (κ2) is 11.0. The number of aryl methyl sites for hydroxylation is 3. The lowest BCUT2D eigenvalue weighted by Gasteiger charge is -2.09. The molecule has 0 aliphatic rings. The molecule has 1 amide bonds. The summed E-state index contributed by atoms with van der Waals surface area (Å²) in [7, 11) is -3.65. The first kappa shape index (κ1) is 23.5. The van der Waals surface area contributed by atoms with E-state index in [0.717, 1.165) is 36.1 Å². The summed E-state index contributed by atoms with van der Waals surface area (Å²) >= 11 is 0. The Kier molecular flexibility index (Phi) is 8.06. The van der Waals surface area contributed by atoms with Crippen LogP contribution in [-0.4, -0.2) is 14.3 Å². The number of carbonyl (C=O) groups is 1. The van der Waals surface area contributed by atoms with Crippen LogP contribution in [0.4, 0.5) is 11.4 Å². The Morgan fingerprint density at radius 2 is 1.34 bits per heavy atom. The highest BCUT2D eigenvalue weighted by Gasteiger charge is 2.14. The normalized spacial score (nSPS) is 11.2. The van der Waals surface area contributed by atoms with Crippen LogP contribution in [0, 0.1) is 6.92 Å². The van der Waals surface area contributed by atoms with E-state index in [9.17, 15) is 13.2 Å². The summed E-state index contributed by atoms with van der Waals surface area (Å²) < 4.78 is 27.7. The van der Waals surface area contributed by atoms with Gasteiger partial charge in [-0.25, -0.2) is 8.42 Å². The average Bonchev–Trinajstić information content (AvgIpc) is 2.79. The van der Waals surface area contributed by atoms with E-state index < -0.39 is 10.0 Å². The number of hydrogen-bond donors (Lipinski definition) is 2. The molecule has 0 saturated carbocycles. The summed E-state index contributed by atoms with van der Waals surface area (Å²) in [5.41, 5.74) is 4.56. The minimum Gasteiger partial charge on any atom is -0.326 e. The fraction of sp³-hybridized carbons (Fsp3) is 0.269. The molecule has 3 aromatic carbocycles. The Morgan fingerprint density at radius 1 is 0.781 bits per heavy atom. The van der Waals surface area contributed by atoms with Gasteiger partial charge in [0.2, 0.25) is 5.91 Å². The van der Waals surface area contributed by atoms with Gasteiger partial charge in [-0.3, -0.25) is 9.52 Å². The minimum absolute atomic E-state index is 0.0657. The van der Waals surface area contributed by atoms with Crippen LogP contribution >= 0.6 is 0 Å². The van der Waals surface area contributed by atoms with Crippen molar-refractivity contribution in [3.63, 3.8) is 0 Å². The van der Waals surface area contributed by atoms with E-state index in [4.69, 9.17) is 0 Å². The van der Waals surface area contributed by atoms with Crippen LogP contribution in [0.25, 0.3) is 0 Å². The van der Waals surface area contributed by atoms with E-state index in [-0.39, 0.29) is 10.8 Å². The summed E-state index contributed by atoms with van der Waals surface area (Å²) in [5, 5.41) is 2.92. The van der Waals surface area contributed by atoms with Gasteiger partial charge < -0.3 is 5.32 Å². The number of benzene rings is 3. The quantitative estimate of drug-likeness (QED) is 0.415. The Balaban J connectivity index is 1.51. The van der Waals surface area contributed by atoms with Gasteiger partial charge in [0, 0.05) is 17.8 Å². The van der Waals surface area contributed by atoms with Gasteiger partial charge in [-0.2, -0.15) is 0 Å². The molecule has 0 aliphatic heterocycles. The molecule has 6 heteroatoms. The number of anilines is 2. The molecule has 0 unspecified atom stereocenters. The second-order valence-corrected chi connectivity index (χ2v) is 9.65. The Bertz CT molecular complexity index is 1120. The predicted octanol–water partition coefficient (Wildman–Crippen LogP) is 5.71. The fourth-order valence-electron chi connectivity index (χ4n) is 3.29. The summed E-state index contributed by atoms with van der Waals surface area (Å²) in [4.78, 5) is 12.5. The van der Waals surface area contributed by atoms with Crippen LogP contribution in [0.15, 0.2) is 77.7 Å². The van der Waals surface area contributed by atoms with E-state index in [1.165, 1.54) is 5.56 Å². The maximum atomic E-state index is 12.6. The van der Waals surface area contributed by atoms with Crippen molar-refractivity contribution in [1.82, 2.24) is 0 Å². The van der Waals surface area contributed by atoms with Gasteiger partial charge in [0.1, 0.15) is 0 Å². The highest BCUT2D eigenvalue weighted by Crippen LogP contribution is 2.18. The number of nitrogens with one attached hydrogen (secondary N) is 2. The van der Waals surface area contributed by atoms with Crippen molar-refractivity contribution in [3.05, 3.63) is 89.5 Å². The number of hydrogen-bond acceptors (Lipinski definition) is 3.